The molecule has 1 aromatic rings. The van der Waals surface area contributed by atoms with E-state index >= 15 is 0 Å². The molecule has 0 radical (unpaired) electrons. The van der Waals surface area contributed by atoms with Gasteiger partial charge in [0.05, 0.1) is 19.3 Å². The fourth-order valence-corrected chi connectivity index (χ4v) is 1.85. The van der Waals surface area contributed by atoms with Gasteiger partial charge in [0.2, 0.25) is 0 Å². The molecule has 1 fully saturated rings. The fourth-order valence-electron chi connectivity index (χ4n) is 1.85. The molecule has 1 saturated heterocycles. The Balaban J connectivity index is 2.04. The summed E-state index contributed by atoms with van der Waals surface area (Å²) in [5, 5.41) is 3.22. The third-order valence-electron chi connectivity index (χ3n) is 3.01. The Morgan fingerprint density at radius 3 is 2.69 bits per heavy atom. The molecule has 0 amide bonds. The molecule has 1 aliphatic heterocycles. The van der Waals surface area contributed by atoms with Gasteiger partial charge in [-0.15, -0.1) is 0 Å². The first kappa shape index (κ1) is 11.4. The molecule has 0 aliphatic carbocycles. The summed E-state index contributed by atoms with van der Waals surface area (Å²) in [6, 6.07) is 6.17. The monoisotopic (exact) mass is 221 g/mol. The van der Waals surface area contributed by atoms with Crippen LogP contribution in [0, 0.1) is 6.92 Å². The summed E-state index contributed by atoms with van der Waals surface area (Å²) in [7, 11) is 1.70. The van der Waals surface area contributed by atoms with Crippen LogP contribution in [-0.2, 0) is 11.3 Å². The molecule has 88 valence electrons. The van der Waals surface area contributed by atoms with Gasteiger partial charge in [0.25, 0.3) is 0 Å². The number of hydrogen-bond acceptors (Lipinski definition) is 3. The van der Waals surface area contributed by atoms with Crippen LogP contribution < -0.4 is 10.1 Å². The van der Waals surface area contributed by atoms with E-state index in [4.69, 9.17) is 9.47 Å². The molecular formula is C13H19NO2. The number of hydrogen-bond donors (Lipinski definition) is 1. The second-order valence-electron chi connectivity index (χ2n) is 4.66. The highest BCUT2D eigenvalue weighted by molar-refractivity contribution is 5.36. The Bertz CT molecular complexity index is 372. The maximum atomic E-state index is 5.91. The van der Waals surface area contributed by atoms with Crippen molar-refractivity contribution in [2.45, 2.75) is 26.1 Å². The number of benzene rings is 1. The molecule has 3 nitrogen and oxygen atoms in total. The second-order valence-corrected chi connectivity index (χ2v) is 4.66. The minimum Gasteiger partial charge on any atom is -0.496 e. The zero-order chi connectivity index (χ0) is 11.6. The van der Waals surface area contributed by atoms with Crippen LogP contribution in [0.3, 0.4) is 0 Å². The van der Waals surface area contributed by atoms with Crippen molar-refractivity contribution in [3.63, 3.8) is 0 Å². The van der Waals surface area contributed by atoms with Gasteiger partial charge in [0, 0.05) is 18.7 Å². The Morgan fingerprint density at radius 1 is 1.38 bits per heavy atom. The lowest BCUT2D eigenvalue weighted by atomic mass is 10.00. The lowest BCUT2D eigenvalue weighted by Crippen LogP contribution is -2.58. The maximum Gasteiger partial charge on any atom is 0.124 e. The van der Waals surface area contributed by atoms with Gasteiger partial charge in [0.15, 0.2) is 0 Å². The summed E-state index contributed by atoms with van der Waals surface area (Å²) in [4.78, 5) is 0. The molecule has 16 heavy (non-hydrogen) atoms. The molecule has 1 aromatic carbocycles. The minimum atomic E-state index is -0.00520. The minimum absolute atomic E-state index is 0.00520. The first-order chi connectivity index (χ1) is 7.63. The highest BCUT2D eigenvalue weighted by Crippen LogP contribution is 2.24. The van der Waals surface area contributed by atoms with Crippen molar-refractivity contribution in [3.8, 4) is 5.75 Å². The quantitative estimate of drug-likeness (QED) is 0.842. The third kappa shape index (κ3) is 2.36. The number of rotatable bonds is 4. The maximum absolute atomic E-state index is 5.91. The summed E-state index contributed by atoms with van der Waals surface area (Å²) in [6.45, 7) is 6.69. The van der Waals surface area contributed by atoms with E-state index in [2.05, 4.69) is 31.3 Å². The van der Waals surface area contributed by atoms with Crippen LogP contribution in [0.4, 0.5) is 0 Å². The van der Waals surface area contributed by atoms with E-state index in [1.54, 1.807) is 7.11 Å². The average Bonchev–Trinajstić information content (AvgIpc) is 2.24. The van der Waals surface area contributed by atoms with Crippen LogP contribution >= 0.6 is 0 Å². The van der Waals surface area contributed by atoms with E-state index in [-0.39, 0.29) is 5.60 Å². The van der Waals surface area contributed by atoms with Crippen molar-refractivity contribution in [2.24, 2.45) is 0 Å². The van der Waals surface area contributed by atoms with Gasteiger partial charge in [-0.2, -0.15) is 0 Å². The van der Waals surface area contributed by atoms with Crippen LogP contribution in [0.5, 0.6) is 5.75 Å². The largest absolute Gasteiger partial charge is 0.496 e. The predicted molar refractivity (Wildman–Crippen MR) is 63.8 cm³/mol. The molecule has 1 aliphatic rings. The normalized spacial score (nSPS) is 17.9. The molecule has 3 heteroatoms. The van der Waals surface area contributed by atoms with Gasteiger partial charge in [-0.3, -0.25) is 0 Å². The fraction of sp³-hybridized carbons (Fsp3) is 0.538. The van der Waals surface area contributed by atoms with Crippen LogP contribution in [0.1, 0.15) is 18.1 Å². The zero-order valence-corrected chi connectivity index (χ0v) is 10.2. The van der Waals surface area contributed by atoms with Crippen LogP contribution in [0.25, 0.3) is 0 Å². The van der Waals surface area contributed by atoms with Crippen molar-refractivity contribution < 1.29 is 9.47 Å². The topological polar surface area (TPSA) is 30.5 Å². The molecule has 2 rings (SSSR count). The van der Waals surface area contributed by atoms with Gasteiger partial charge >= 0.3 is 0 Å². The van der Waals surface area contributed by atoms with Gasteiger partial charge in [-0.25, -0.2) is 0 Å². The lowest BCUT2D eigenvalue weighted by molar-refractivity contribution is -0.0771. The molecule has 1 heterocycles. The Kier molecular flexibility index (Phi) is 3.17. The van der Waals surface area contributed by atoms with Gasteiger partial charge in [0.1, 0.15) is 5.75 Å². The first-order valence-electron chi connectivity index (χ1n) is 5.61. The van der Waals surface area contributed by atoms with Gasteiger partial charge in [-0.1, -0.05) is 17.7 Å². The van der Waals surface area contributed by atoms with Crippen LogP contribution in [-0.4, -0.2) is 25.8 Å². The Hall–Kier alpha value is -1.06. The summed E-state index contributed by atoms with van der Waals surface area (Å²) in [5.74, 6) is 0.904. The molecule has 0 spiro atoms. The average molecular weight is 221 g/mol. The predicted octanol–water partition coefficient (Wildman–Crippen LogP) is 1.88. The SMILES string of the molecule is COc1ccc(C)cc1COC1(C)CNC1. The van der Waals surface area contributed by atoms with Crippen molar-refractivity contribution >= 4 is 0 Å². The number of methoxy groups -OCH3 is 1. The molecule has 0 unspecified atom stereocenters. The number of ether oxygens (including phenoxy) is 2. The molecule has 0 atom stereocenters. The number of aryl methyl sites for hydroxylation is 1. The summed E-state index contributed by atoms with van der Waals surface area (Å²) < 4.78 is 11.2. The van der Waals surface area contributed by atoms with E-state index in [1.807, 2.05) is 6.07 Å². The van der Waals surface area contributed by atoms with Crippen molar-refractivity contribution in [1.82, 2.24) is 5.32 Å². The van der Waals surface area contributed by atoms with E-state index in [1.165, 1.54) is 5.56 Å². The van der Waals surface area contributed by atoms with E-state index in [9.17, 15) is 0 Å². The number of nitrogens with one attached hydrogen (secondary N) is 1. The third-order valence-corrected chi connectivity index (χ3v) is 3.01. The van der Waals surface area contributed by atoms with Crippen molar-refractivity contribution in [3.05, 3.63) is 29.3 Å². The second kappa shape index (κ2) is 4.44. The van der Waals surface area contributed by atoms with Gasteiger partial charge in [-0.05, 0) is 19.9 Å². The lowest BCUT2D eigenvalue weighted by Gasteiger charge is -2.39. The smallest absolute Gasteiger partial charge is 0.124 e. The summed E-state index contributed by atoms with van der Waals surface area (Å²) >= 11 is 0. The Labute approximate surface area is 96.8 Å². The first-order valence-corrected chi connectivity index (χ1v) is 5.61. The molecule has 0 bridgehead atoms. The zero-order valence-electron chi connectivity index (χ0n) is 10.2. The van der Waals surface area contributed by atoms with Gasteiger partial charge < -0.3 is 14.8 Å². The Morgan fingerprint density at radius 2 is 2.12 bits per heavy atom. The van der Waals surface area contributed by atoms with E-state index in [0.29, 0.717) is 6.61 Å². The summed E-state index contributed by atoms with van der Waals surface area (Å²) in [5.41, 5.74) is 2.35. The standard InChI is InChI=1S/C13H19NO2/c1-10-4-5-12(15-3)11(6-10)7-16-13(2)8-14-9-13/h4-6,14H,7-9H2,1-3H3. The van der Waals surface area contributed by atoms with Crippen molar-refractivity contribution in [1.29, 1.82) is 0 Å². The van der Waals surface area contributed by atoms with Crippen LogP contribution in [0.15, 0.2) is 18.2 Å². The molecule has 1 N–H and O–H groups in total. The highest BCUT2D eigenvalue weighted by atomic mass is 16.5. The van der Waals surface area contributed by atoms with E-state index < -0.39 is 0 Å². The molecular weight excluding hydrogens is 202 g/mol. The highest BCUT2D eigenvalue weighted by Gasteiger charge is 2.32. The van der Waals surface area contributed by atoms with E-state index in [0.717, 1.165) is 24.4 Å². The molecule has 0 saturated carbocycles. The van der Waals surface area contributed by atoms with Crippen LogP contribution in [0.2, 0.25) is 0 Å². The molecule has 0 aromatic heterocycles. The summed E-state index contributed by atoms with van der Waals surface area (Å²) in [6.07, 6.45) is 0. The van der Waals surface area contributed by atoms with Crippen molar-refractivity contribution in [2.75, 3.05) is 20.2 Å².